The van der Waals surface area contributed by atoms with Crippen molar-refractivity contribution in [1.29, 1.82) is 0 Å². The van der Waals surface area contributed by atoms with E-state index in [9.17, 15) is 9.50 Å². The molecule has 1 aliphatic rings. The highest BCUT2D eigenvalue weighted by Crippen LogP contribution is 2.29. The van der Waals surface area contributed by atoms with Gasteiger partial charge in [0.05, 0.1) is 6.10 Å². The van der Waals surface area contributed by atoms with Crippen LogP contribution in [0.1, 0.15) is 25.8 Å². The van der Waals surface area contributed by atoms with Crippen molar-refractivity contribution in [3.8, 4) is 0 Å². The van der Waals surface area contributed by atoms with Crippen molar-refractivity contribution in [2.75, 3.05) is 13.1 Å². The molecular formula is C14H20FNO. The van der Waals surface area contributed by atoms with Crippen LogP contribution in [0.5, 0.6) is 0 Å². The zero-order chi connectivity index (χ0) is 12.5. The van der Waals surface area contributed by atoms with Crippen LogP contribution in [0.4, 0.5) is 4.39 Å². The standard InChI is InChI=1S/C14H20FNO/c1-14(2)10-16(8-7-13(14)17)9-11-3-5-12(15)6-4-11/h3-6,13,17H,7-10H2,1-2H3. The summed E-state index contributed by atoms with van der Waals surface area (Å²) >= 11 is 0. The number of hydrogen-bond donors (Lipinski definition) is 1. The molecule has 1 aliphatic heterocycles. The maximum absolute atomic E-state index is 12.8. The Kier molecular flexibility index (Phi) is 3.50. The summed E-state index contributed by atoms with van der Waals surface area (Å²) in [5, 5.41) is 9.88. The maximum atomic E-state index is 12.8. The second-order valence-electron chi connectivity index (χ2n) is 5.63. The van der Waals surface area contributed by atoms with Crippen LogP contribution in [0.15, 0.2) is 24.3 Å². The van der Waals surface area contributed by atoms with Gasteiger partial charge in [-0.3, -0.25) is 4.90 Å². The molecule has 2 rings (SSSR count). The van der Waals surface area contributed by atoms with Gasteiger partial charge in [0, 0.05) is 25.0 Å². The van der Waals surface area contributed by atoms with E-state index in [0.29, 0.717) is 0 Å². The van der Waals surface area contributed by atoms with Crippen molar-refractivity contribution < 1.29 is 9.50 Å². The molecule has 1 atom stereocenters. The van der Waals surface area contributed by atoms with E-state index in [1.54, 1.807) is 0 Å². The van der Waals surface area contributed by atoms with E-state index in [4.69, 9.17) is 0 Å². The Balaban J connectivity index is 1.98. The lowest BCUT2D eigenvalue weighted by molar-refractivity contribution is -0.0270. The zero-order valence-electron chi connectivity index (χ0n) is 10.5. The second-order valence-corrected chi connectivity index (χ2v) is 5.63. The minimum absolute atomic E-state index is 0.0573. The summed E-state index contributed by atoms with van der Waals surface area (Å²) in [6.07, 6.45) is 0.598. The van der Waals surface area contributed by atoms with E-state index < -0.39 is 0 Å². The highest BCUT2D eigenvalue weighted by Gasteiger charge is 2.34. The molecule has 0 saturated carbocycles. The topological polar surface area (TPSA) is 23.5 Å². The number of nitrogens with zero attached hydrogens (tertiary/aromatic N) is 1. The lowest BCUT2D eigenvalue weighted by atomic mass is 9.81. The molecule has 1 fully saturated rings. The summed E-state index contributed by atoms with van der Waals surface area (Å²) in [6, 6.07) is 6.65. The van der Waals surface area contributed by atoms with Crippen molar-refractivity contribution in [3.63, 3.8) is 0 Å². The Morgan fingerprint density at radius 3 is 2.59 bits per heavy atom. The van der Waals surface area contributed by atoms with E-state index >= 15 is 0 Å². The van der Waals surface area contributed by atoms with Gasteiger partial charge in [0.2, 0.25) is 0 Å². The molecule has 1 aromatic rings. The predicted molar refractivity (Wildman–Crippen MR) is 66.1 cm³/mol. The number of rotatable bonds is 2. The lowest BCUT2D eigenvalue weighted by Crippen LogP contribution is -2.48. The molecule has 1 heterocycles. The smallest absolute Gasteiger partial charge is 0.123 e. The minimum Gasteiger partial charge on any atom is -0.392 e. The molecule has 3 heteroatoms. The average Bonchev–Trinajstić information content (AvgIpc) is 2.26. The average molecular weight is 237 g/mol. The monoisotopic (exact) mass is 237 g/mol. The number of likely N-dealkylation sites (tertiary alicyclic amines) is 1. The molecule has 1 unspecified atom stereocenters. The quantitative estimate of drug-likeness (QED) is 0.854. The SMILES string of the molecule is CC1(C)CN(Cc2ccc(F)cc2)CCC1O. The molecule has 0 radical (unpaired) electrons. The molecule has 0 aromatic heterocycles. The van der Waals surface area contributed by atoms with Crippen molar-refractivity contribution in [3.05, 3.63) is 35.6 Å². The van der Waals surface area contributed by atoms with Gasteiger partial charge in [0.25, 0.3) is 0 Å². The van der Waals surface area contributed by atoms with Crippen LogP contribution in [-0.4, -0.2) is 29.2 Å². The van der Waals surface area contributed by atoms with Crippen molar-refractivity contribution in [2.24, 2.45) is 5.41 Å². The molecule has 0 spiro atoms. The van der Waals surface area contributed by atoms with Gasteiger partial charge >= 0.3 is 0 Å². The number of piperidine rings is 1. The lowest BCUT2D eigenvalue weighted by Gasteiger charge is -2.41. The molecule has 0 amide bonds. The molecule has 94 valence electrons. The summed E-state index contributed by atoms with van der Waals surface area (Å²) < 4.78 is 12.8. The third kappa shape index (κ3) is 3.05. The largest absolute Gasteiger partial charge is 0.392 e. The summed E-state index contributed by atoms with van der Waals surface area (Å²) in [6.45, 7) is 6.80. The van der Waals surface area contributed by atoms with Gasteiger partial charge in [-0.2, -0.15) is 0 Å². The van der Waals surface area contributed by atoms with E-state index in [1.165, 1.54) is 12.1 Å². The first kappa shape index (κ1) is 12.5. The van der Waals surface area contributed by atoms with Gasteiger partial charge in [-0.15, -0.1) is 0 Å². The zero-order valence-corrected chi connectivity index (χ0v) is 10.5. The fourth-order valence-electron chi connectivity index (χ4n) is 2.44. The minimum atomic E-state index is -0.216. The van der Waals surface area contributed by atoms with Crippen molar-refractivity contribution in [1.82, 2.24) is 4.90 Å². The van der Waals surface area contributed by atoms with Crippen molar-refractivity contribution >= 4 is 0 Å². The highest BCUT2D eigenvalue weighted by molar-refractivity contribution is 5.16. The molecule has 1 aromatic carbocycles. The summed E-state index contributed by atoms with van der Waals surface area (Å²) in [4.78, 5) is 2.32. The van der Waals surface area contributed by atoms with Crippen LogP contribution in [-0.2, 0) is 6.54 Å². The van der Waals surface area contributed by atoms with Gasteiger partial charge in [0.1, 0.15) is 5.82 Å². The molecular weight excluding hydrogens is 217 g/mol. The predicted octanol–water partition coefficient (Wildman–Crippen LogP) is 2.42. The Labute approximate surface area is 102 Å². The number of halogens is 1. The van der Waals surface area contributed by atoms with Crippen LogP contribution in [0.3, 0.4) is 0 Å². The first-order valence-electron chi connectivity index (χ1n) is 6.12. The number of aliphatic hydroxyl groups excluding tert-OH is 1. The fourth-order valence-corrected chi connectivity index (χ4v) is 2.44. The van der Waals surface area contributed by atoms with Gasteiger partial charge in [0.15, 0.2) is 0 Å². The third-order valence-electron chi connectivity index (χ3n) is 3.57. The van der Waals surface area contributed by atoms with Gasteiger partial charge in [-0.05, 0) is 24.1 Å². The normalized spacial score (nSPS) is 24.8. The van der Waals surface area contributed by atoms with E-state index in [2.05, 4.69) is 18.7 Å². The first-order valence-corrected chi connectivity index (χ1v) is 6.12. The second kappa shape index (κ2) is 4.75. The number of hydrogen-bond acceptors (Lipinski definition) is 2. The van der Waals surface area contributed by atoms with E-state index in [-0.39, 0.29) is 17.3 Å². The highest BCUT2D eigenvalue weighted by atomic mass is 19.1. The van der Waals surface area contributed by atoms with Crippen LogP contribution < -0.4 is 0 Å². The van der Waals surface area contributed by atoms with Gasteiger partial charge in [-0.25, -0.2) is 4.39 Å². The summed E-state index contributed by atoms with van der Waals surface area (Å²) in [7, 11) is 0. The van der Waals surface area contributed by atoms with Crippen molar-refractivity contribution in [2.45, 2.75) is 32.9 Å². The molecule has 0 bridgehead atoms. The fraction of sp³-hybridized carbons (Fsp3) is 0.571. The number of aliphatic hydroxyl groups is 1. The maximum Gasteiger partial charge on any atom is 0.123 e. The Morgan fingerprint density at radius 2 is 2.00 bits per heavy atom. The molecule has 2 nitrogen and oxygen atoms in total. The van der Waals surface area contributed by atoms with E-state index in [1.807, 2.05) is 12.1 Å². The third-order valence-corrected chi connectivity index (χ3v) is 3.57. The molecule has 1 saturated heterocycles. The summed E-state index contributed by atoms with van der Waals surface area (Å²) in [5.41, 5.74) is 1.07. The van der Waals surface area contributed by atoms with Gasteiger partial charge in [-0.1, -0.05) is 26.0 Å². The molecule has 1 N–H and O–H groups in total. The Bertz CT molecular complexity index is 374. The van der Waals surface area contributed by atoms with Gasteiger partial charge < -0.3 is 5.11 Å². The molecule has 0 aliphatic carbocycles. The Morgan fingerprint density at radius 1 is 1.35 bits per heavy atom. The van der Waals surface area contributed by atoms with Crippen LogP contribution in [0.2, 0.25) is 0 Å². The van der Waals surface area contributed by atoms with Crippen LogP contribution >= 0.6 is 0 Å². The van der Waals surface area contributed by atoms with E-state index in [0.717, 1.165) is 31.6 Å². The first-order chi connectivity index (χ1) is 7.97. The number of benzene rings is 1. The molecule has 17 heavy (non-hydrogen) atoms. The van der Waals surface area contributed by atoms with Crippen LogP contribution in [0.25, 0.3) is 0 Å². The van der Waals surface area contributed by atoms with Crippen LogP contribution in [0, 0.1) is 11.2 Å². The summed E-state index contributed by atoms with van der Waals surface area (Å²) in [5.74, 6) is -0.192. The Hall–Kier alpha value is -0.930.